The molecule has 0 spiro atoms. The van der Waals surface area contributed by atoms with Crippen molar-refractivity contribution >= 4 is 5.82 Å². The lowest BCUT2D eigenvalue weighted by molar-refractivity contribution is 0.423. The van der Waals surface area contributed by atoms with E-state index in [0.29, 0.717) is 0 Å². The Kier molecular flexibility index (Phi) is 4.15. The number of hydrogen-bond acceptors (Lipinski definition) is 3. The van der Waals surface area contributed by atoms with Crippen LogP contribution in [0.25, 0.3) is 0 Å². The molecule has 96 valence electrons. The Morgan fingerprint density at radius 1 is 1.24 bits per heavy atom. The second-order valence-electron chi connectivity index (χ2n) is 5.88. The van der Waals surface area contributed by atoms with Gasteiger partial charge in [-0.1, -0.05) is 0 Å². The lowest BCUT2D eigenvalue weighted by Gasteiger charge is -2.24. The summed E-state index contributed by atoms with van der Waals surface area (Å²) in [5.74, 6) is 1.07. The highest BCUT2D eigenvalue weighted by Crippen LogP contribution is 2.21. The molecule has 0 bridgehead atoms. The van der Waals surface area contributed by atoms with E-state index >= 15 is 0 Å². The molecule has 3 nitrogen and oxygen atoms in total. The molecule has 0 radical (unpaired) electrons. The molecule has 0 aromatic carbocycles. The van der Waals surface area contributed by atoms with Crippen LogP contribution in [0.15, 0.2) is 6.07 Å². The van der Waals surface area contributed by atoms with Crippen LogP contribution in [0.4, 0.5) is 5.82 Å². The number of pyridine rings is 1. The highest BCUT2D eigenvalue weighted by Gasteiger charge is 2.14. The van der Waals surface area contributed by atoms with Crippen molar-refractivity contribution in [1.82, 2.24) is 10.3 Å². The third-order valence-electron chi connectivity index (χ3n) is 2.67. The number of aromatic nitrogens is 1. The molecule has 0 aliphatic heterocycles. The summed E-state index contributed by atoms with van der Waals surface area (Å²) >= 11 is 0. The molecule has 0 amide bonds. The van der Waals surface area contributed by atoms with Crippen LogP contribution in [-0.4, -0.2) is 24.6 Å². The van der Waals surface area contributed by atoms with Gasteiger partial charge in [-0.25, -0.2) is 4.98 Å². The summed E-state index contributed by atoms with van der Waals surface area (Å²) in [6, 6.07) is 2.15. The molecule has 0 unspecified atom stereocenters. The molecule has 0 saturated carbocycles. The van der Waals surface area contributed by atoms with E-state index in [0.717, 1.165) is 18.1 Å². The normalized spacial score (nSPS) is 11.7. The van der Waals surface area contributed by atoms with Crippen LogP contribution in [0.5, 0.6) is 0 Å². The maximum absolute atomic E-state index is 4.62. The third-order valence-corrected chi connectivity index (χ3v) is 2.67. The number of aryl methyl sites for hydroxylation is 2. The van der Waals surface area contributed by atoms with Crippen molar-refractivity contribution in [2.75, 3.05) is 19.0 Å². The van der Waals surface area contributed by atoms with Gasteiger partial charge in [-0.05, 0) is 46.2 Å². The molecule has 17 heavy (non-hydrogen) atoms. The van der Waals surface area contributed by atoms with Crippen molar-refractivity contribution in [1.29, 1.82) is 0 Å². The predicted octanol–water partition coefficient (Wildman–Crippen LogP) is 2.65. The number of nitrogens with one attached hydrogen (secondary N) is 1. The Balaban J connectivity index is 3.04. The molecule has 3 heteroatoms. The second kappa shape index (κ2) is 5.05. The van der Waals surface area contributed by atoms with Gasteiger partial charge in [0.25, 0.3) is 0 Å². The Morgan fingerprint density at radius 2 is 1.82 bits per heavy atom. The molecule has 1 aromatic heterocycles. The minimum Gasteiger partial charge on any atom is -0.362 e. The van der Waals surface area contributed by atoms with Crippen LogP contribution in [-0.2, 0) is 6.54 Å². The predicted molar refractivity (Wildman–Crippen MR) is 74.6 cm³/mol. The zero-order chi connectivity index (χ0) is 13.2. The van der Waals surface area contributed by atoms with E-state index in [2.05, 4.69) is 49.0 Å². The van der Waals surface area contributed by atoms with Gasteiger partial charge in [0.05, 0.1) is 0 Å². The van der Waals surface area contributed by atoms with E-state index in [1.807, 2.05) is 21.0 Å². The van der Waals surface area contributed by atoms with Crippen LogP contribution >= 0.6 is 0 Å². The maximum atomic E-state index is 4.62. The maximum Gasteiger partial charge on any atom is 0.133 e. The summed E-state index contributed by atoms with van der Waals surface area (Å²) in [5, 5.41) is 3.53. The molecule has 0 aliphatic carbocycles. The quantitative estimate of drug-likeness (QED) is 0.873. The lowest BCUT2D eigenvalue weighted by atomic mass is 10.1. The van der Waals surface area contributed by atoms with Gasteiger partial charge in [-0.15, -0.1) is 0 Å². The van der Waals surface area contributed by atoms with E-state index in [1.54, 1.807) is 0 Å². The summed E-state index contributed by atoms with van der Waals surface area (Å²) in [6.45, 7) is 11.6. The van der Waals surface area contributed by atoms with Gasteiger partial charge in [0.2, 0.25) is 0 Å². The van der Waals surface area contributed by atoms with Gasteiger partial charge in [-0.2, -0.15) is 0 Å². The highest BCUT2D eigenvalue weighted by atomic mass is 15.1. The van der Waals surface area contributed by atoms with Crippen LogP contribution in [0, 0.1) is 13.8 Å². The molecule has 1 N–H and O–H groups in total. The molecule has 1 aromatic rings. The van der Waals surface area contributed by atoms with Crippen LogP contribution in [0.3, 0.4) is 0 Å². The largest absolute Gasteiger partial charge is 0.362 e. The van der Waals surface area contributed by atoms with Crippen molar-refractivity contribution in [3.8, 4) is 0 Å². The van der Waals surface area contributed by atoms with Gasteiger partial charge in [-0.3, -0.25) is 0 Å². The summed E-state index contributed by atoms with van der Waals surface area (Å²) in [5.41, 5.74) is 3.79. The standard InChI is InChI=1S/C14H25N3/c1-10-8-11(2)16-13(17(6)7)12(10)9-15-14(3,4)5/h8,15H,9H2,1-7H3. The minimum atomic E-state index is 0.126. The first-order valence-electron chi connectivity index (χ1n) is 6.10. The first kappa shape index (κ1) is 14.0. The lowest BCUT2D eigenvalue weighted by Crippen LogP contribution is -2.35. The number of hydrogen-bond donors (Lipinski definition) is 1. The number of nitrogens with zero attached hydrogens (tertiary/aromatic N) is 2. The van der Waals surface area contributed by atoms with Crippen molar-refractivity contribution in [2.24, 2.45) is 0 Å². The minimum absolute atomic E-state index is 0.126. The first-order chi connectivity index (χ1) is 7.70. The van der Waals surface area contributed by atoms with Gasteiger partial charge < -0.3 is 10.2 Å². The molecular weight excluding hydrogens is 210 g/mol. The number of rotatable bonds is 3. The van der Waals surface area contributed by atoms with Crippen molar-refractivity contribution in [3.63, 3.8) is 0 Å². The Labute approximate surface area is 105 Å². The SMILES string of the molecule is Cc1cc(C)c(CNC(C)(C)C)c(N(C)C)n1. The fourth-order valence-electron chi connectivity index (χ4n) is 1.79. The molecule has 0 saturated heterocycles. The molecule has 1 rings (SSSR count). The fourth-order valence-corrected chi connectivity index (χ4v) is 1.79. The summed E-state index contributed by atoms with van der Waals surface area (Å²) in [4.78, 5) is 6.70. The third kappa shape index (κ3) is 4.00. The van der Waals surface area contributed by atoms with Gasteiger partial charge in [0, 0.05) is 37.4 Å². The fraction of sp³-hybridized carbons (Fsp3) is 0.643. The zero-order valence-electron chi connectivity index (χ0n) is 12.2. The van der Waals surface area contributed by atoms with E-state index in [-0.39, 0.29) is 5.54 Å². The first-order valence-corrected chi connectivity index (χ1v) is 6.10. The van der Waals surface area contributed by atoms with Gasteiger partial charge >= 0.3 is 0 Å². The van der Waals surface area contributed by atoms with E-state index in [4.69, 9.17) is 0 Å². The Hall–Kier alpha value is -1.09. The average Bonchev–Trinajstić information content (AvgIpc) is 2.13. The molecule has 0 atom stereocenters. The Bertz CT molecular complexity index is 389. The summed E-state index contributed by atoms with van der Waals surface area (Å²) in [6.07, 6.45) is 0. The average molecular weight is 235 g/mol. The van der Waals surface area contributed by atoms with Crippen molar-refractivity contribution in [3.05, 3.63) is 22.9 Å². The van der Waals surface area contributed by atoms with Crippen molar-refractivity contribution in [2.45, 2.75) is 46.7 Å². The van der Waals surface area contributed by atoms with Crippen LogP contribution in [0.2, 0.25) is 0 Å². The van der Waals surface area contributed by atoms with E-state index in [9.17, 15) is 0 Å². The van der Waals surface area contributed by atoms with Crippen molar-refractivity contribution < 1.29 is 0 Å². The smallest absolute Gasteiger partial charge is 0.133 e. The molecule has 0 aliphatic rings. The number of anilines is 1. The summed E-state index contributed by atoms with van der Waals surface area (Å²) in [7, 11) is 4.09. The summed E-state index contributed by atoms with van der Waals surface area (Å²) < 4.78 is 0. The molecule has 1 heterocycles. The highest BCUT2D eigenvalue weighted by molar-refractivity contribution is 5.50. The van der Waals surface area contributed by atoms with Crippen LogP contribution in [0.1, 0.15) is 37.6 Å². The monoisotopic (exact) mass is 235 g/mol. The van der Waals surface area contributed by atoms with Crippen LogP contribution < -0.4 is 10.2 Å². The molecular formula is C14H25N3. The van der Waals surface area contributed by atoms with E-state index in [1.165, 1.54) is 11.1 Å². The second-order valence-corrected chi connectivity index (χ2v) is 5.88. The zero-order valence-corrected chi connectivity index (χ0v) is 12.2. The van der Waals surface area contributed by atoms with Gasteiger partial charge in [0.1, 0.15) is 5.82 Å². The Morgan fingerprint density at radius 3 is 2.29 bits per heavy atom. The molecule has 0 fully saturated rings. The van der Waals surface area contributed by atoms with E-state index < -0.39 is 0 Å². The van der Waals surface area contributed by atoms with Gasteiger partial charge in [0.15, 0.2) is 0 Å². The topological polar surface area (TPSA) is 28.2 Å².